The second kappa shape index (κ2) is 14.4. The molecule has 0 bridgehead atoms. The number of pyridine rings is 1. The third kappa shape index (κ3) is 7.97. The maximum Gasteiger partial charge on any atom is 0.338 e. The van der Waals surface area contributed by atoms with Gasteiger partial charge in [-0.05, 0) is 47.9 Å². The first-order valence-corrected chi connectivity index (χ1v) is 15.1. The second-order valence-corrected chi connectivity index (χ2v) is 11.4. The number of hydrogen-bond acceptors (Lipinski definition) is 8. The number of ketones is 1. The minimum atomic E-state index is -1.04. The van der Waals surface area contributed by atoms with Crippen molar-refractivity contribution < 1.29 is 34.1 Å². The molecular weight excluding hydrogens is 580 g/mol. The topological polar surface area (TPSA) is 135 Å². The first-order chi connectivity index (χ1) is 21.3. The molecule has 0 radical (unpaired) electrons. The van der Waals surface area contributed by atoms with E-state index in [1.165, 1.54) is 24.8 Å². The third-order valence-electron chi connectivity index (χ3n) is 7.19. The lowest BCUT2D eigenvalue weighted by Gasteiger charge is -2.36. The number of nitrogens with one attached hydrogen (secondary N) is 1. The average Bonchev–Trinajstić information content (AvgIpc) is 3.04. The van der Waals surface area contributed by atoms with Gasteiger partial charge in [-0.15, -0.1) is 11.8 Å². The minimum absolute atomic E-state index is 0.0536. The number of ether oxygens (including phenoxy) is 2. The van der Waals surface area contributed by atoms with E-state index >= 15 is 0 Å². The predicted molar refractivity (Wildman–Crippen MR) is 166 cm³/mol. The van der Waals surface area contributed by atoms with Gasteiger partial charge in [0, 0.05) is 35.2 Å². The van der Waals surface area contributed by atoms with Crippen LogP contribution < -0.4 is 5.32 Å². The van der Waals surface area contributed by atoms with Gasteiger partial charge in [-0.3, -0.25) is 9.59 Å². The Kier molecular flexibility index (Phi) is 10.2. The smallest absolute Gasteiger partial charge is 0.338 e. The first-order valence-electron chi connectivity index (χ1n) is 14.1. The number of rotatable bonds is 11. The van der Waals surface area contributed by atoms with E-state index in [9.17, 15) is 24.6 Å². The summed E-state index contributed by atoms with van der Waals surface area (Å²) in [6.45, 7) is 1.43. The van der Waals surface area contributed by atoms with Gasteiger partial charge < -0.3 is 25.0 Å². The van der Waals surface area contributed by atoms with Crippen molar-refractivity contribution in [1.82, 2.24) is 4.98 Å². The monoisotopic (exact) mass is 612 g/mol. The van der Waals surface area contributed by atoms with E-state index in [1.54, 1.807) is 36.5 Å². The third-order valence-corrected chi connectivity index (χ3v) is 8.33. The van der Waals surface area contributed by atoms with Gasteiger partial charge in [0.2, 0.25) is 5.91 Å². The fourth-order valence-corrected chi connectivity index (χ4v) is 5.87. The van der Waals surface area contributed by atoms with Crippen molar-refractivity contribution in [2.24, 2.45) is 0 Å². The van der Waals surface area contributed by atoms with Crippen molar-refractivity contribution in [3.8, 4) is 0 Å². The number of nitrogens with zero attached hydrogens (tertiary/aromatic N) is 1. The Morgan fingerprint density at radius 3 is 2.36 bits per heavy atom. The van der Waals surface area contributed by atoms with Crippen molar-refractivity contribution >= 4 is 35.1 Å². The van der Waals surface area contributed by atoms with Crippen molar-refractivity contribution in [3.63, 3.8) is 0 Å². The maximum atomic E-state index is 12.7. The van der Waals surface area contributed by atoms with Crippen LogP contribution in [0.5, 0.6) is 0 Å². The summed E-state index contributed by atoms with van der Waals surface area (Å²) in [5.41, 5.74) is 4.54. The normalized spacial score (nSPS) is 18.0. The Hall–Kier alpha value is -4.35. The summed E-state index contributed by atoms with van der Waals surface area (Å²) < 4.78 is 12.8. The Morgan fingerprint density at radius 1 is 0.932 bits per heavy atom. The van der Waals surface area contributed by atoms with Gasteiger partial charge in [0.25, 0.3) is 0 Å². The summed E-state index contributed by atoms with van der Waals surface area (Å²) in [4.78, 5) is 40.3. The lowest BCUT2D eigenvalue weighted by molar-refractivity contribution is -0.245. The van der Waals surface area contributed by atoms with Crippen LogP contribution in [0.15, 0.2) is 96.2 Å². The van der Waals surface area contributed by atoms with E-state index in [0.717, 1.165) is 22.3 Å². The van der Waals surface area contributed by atoms with Crippen molar-refractivity contribution in [2.45, 2.75) is 49.9 Å². The van der Waals surface area contributed by atoms with Crippen LogP contribution in [-0.4, -0.2) is 44.7 Å². The number of carboxylic acid groups (broad SMARTS) is 1. The molecule has 10 heteroatoms. The molecule has 3 unspecified atom stereocenters. The molecule has 0 spiro atoms. The van der Waals surface area contributed by atoms with Crippen LogP contribution in [-0.2, 0) is 27.3 Å². The molecule has 3 aromatic carbocycles. The Labute approximate surface area is 259 Å². The van der Waals surface area contributed by atoms with Gasteiger partial charge in [0.05, 0.1) is 30.8 Å². The van der Waals surface area contributed by atoms with Crippen LogP contribution in [0.4, 0.5) is 5.69 Å². The quantitative estimate of drug-likeness (QED) is 0.138. The molecule has 3 atom stereocenters. The van der Waals surface area contributed by atoms with E-state index in [4.69, 9.17) is 9.47 Å². The van der Waals surface area contributed by atoms with Gasteiger partial charge in [-0.25, -0.2) is 9.78 Å². The highest BCUT2D eigenvalue weighted by Crippen LogP contribution is 2.39. The molecule has 4 aromatic rings. The molecule has 0 saturated carbocycles. The predicted octanol–water partition coefficient (Wildman–Crippen LogP) is 5.99. The fraction of sp³-hybridized carbons (Fsp3) is 0.235. The summed E-state index contributed by atoms with van der Waals surface area (Å²) in [5.74, 6) is -0.851. The molecule has 1 saturated heterocycles. The number of aromatic nitrogens is 1. The van der Waals surface area contributed by atoms with Crippen molar-refractivity contribution in [2.75, 3.05) is 11.1 Å². The maximum absolute atomic E-state index is 12.7. The zero-order valence-corrected chi connectivity index (χ0v) is 24.8. The number of thioether (sulfide) groups is 1. The van der Waals surface area contributed by atoms with Crippen LogP contribution in [0.25, 0.3) is 0 Å². The molecule has 226 valence electrons. The SMILES string of the molecule is CC(=O)c1cccc(NC(=O)Cc2ccc(C3OC(CSc4ncccc4C(=O)O)CC(c4ccc(CO)cc4)O3)cc2)c1. The number of carbonyl (C=O) groups excluding carboxylic acids is 2. The molecule has 44 heavy (non-hydrogen) atoms. The molecule has 3 N–H and O–H groups in total. The number of Topliss-reactive ketones (excluding diaryl/α,β-unsaturated/α-hetero) is 1. The number of anilines is 1. The molecule has 1 aliphatic heterocycles. The Bertz CT molecular complexity index is 1630. The molecule has 1 fully saturated rings. The number of amides is 1. The van der Waals surface area contributed by atoms with Gasteiger partial charge >= 0.3 is 5.97 Å². The summed E-state index contributed by atoms with van der Waals surface area (Å²) >= 11 is 1.33. The van der Waals surface area contributed by atoms with E-state index in [2.05, 4.69) is 10.3 Å². The van der Waals surface area contributed by atoms with E-state index in [1.807, 2.05) is 48.5 Å². The number of aliphatic hydroxyl groups excluding tert-OH is 1. The summed E-state index contributed by atoms with van der Waals surface area (Å²) in [6, 6.07) is 25.0. The number of carbonyl (C=O) groups is 3. The number of carboxylic acids is 1. The zero-order valence-electron chi connectivity index (χ0n) is 24.0. The molecule has 1 amide bonds. The Balaban J connectivity index is 1.29. The van der Waals surface area contributed by atoms with Crippen LogP contribution in [0.1, 0.15) is 68.7 Å². The van der Waals surface area contributed by atoms with Crippen LogP contribution in [0, 0.1) is 0 Å². The van der Waals surface area contributed by atoms with Gasteiger partial charge in [0.1, 0.15) is 5.03 Å². The van der Waals surface area contributed by atoms with Gasteiger partial charge in [0.15, 0.2) is 12.1 Å². The fourth-order valence-electron chi connectivity index (χ4n) is 4.86. The largest absolute Gasteiger partial charge is 0.478 e. The van der Waals surface area contributed by atoms with E-state index in [0.29, 0.717) is 28.5 Å². The van der Waals surface area contributed by atoms with Gasteiger partial charge in [-0.1, -0.05) is 60.7 Å². The first kappa shape index (κ1) is 31.1. The molecule has 2 heterocycles. The highest BCUT2D eigenvalue weighted by atomic mass is 32.2. The number of hydrogen-bond donors (Lipinski definition) is 3. The van der Waals surface area contributed by atoms with Crippen LogP contribution in [0.2, 0.25) is 0 Å². The molecule has 1 aromatic heterocycles. The van der Waals surface area contributed by atoms with Gasteiger partial charge in [-0.2, -0.15) is 0 Å². The van der Waals surface area contributed by atoms with Crippen LogP contribution >= 0.6 is 11.8 Å². The molecular formula is C34H32N2O7S. The lowest BCUT2D eigenvalue weighted by atomic mass is 10.0. The minimum Gasteiger partial charge on any atom is -0.478 e. The average molecular weight is 613 g/mol. The zero-order chi connectivity index (χ0) is 31.1. The molecule has 5 rings (SSSR count). The van der Waals surface area contributed by atoms with Crippen molar-refractivity contribution in [3.05, 3.63) is 125 Å². The molecule has 1 aliphatic rings. The van der Waals surface area contributed by atoms with Crippen molar-refractivity contribution in [1.29, 1.82) is 0 Å². The summed E-state index contributed by atoms with van der Waals surface area (Å²) in [7, 11) is 0. The molecule has 0 aliphatic carbocycles. The second-order valence-electron chi connectivity index (χ2n) is 10.4. The standard InChI is InChI=1S/C34H32N2O7S/c1-21(38)26-4-2-5-27(17-26)36-31(39)16-22-7-13-25(14-8-22)34-42-28(20-44-32-29(33(40)41)6-3-15-35-32)18-30(43-34)24-11-9-23(19-37)10-12-24/h2-15,17,28,30,34,37H,16,18-20H2,1H3,(H,36,39)(H,40,41). The number of aromatic carboxylic acids is 1. The lowest BCUT2D eigenvalue weighted by Crippen LogP contribution is -2.31. The number of aliphatic hydroxyl groups is 1. The van der Waals surface area contributed by atoms with E-state index in [-0.39, 0.29) is 42.5 Å². The van der Waals surface area contributed by atoms with E-state index < -0.39 is 12.3 Å². The Morgan fingerprint density at radius 2 is 1.66 bits per heavy atom. The number of benzene rings is 3. The summed E-state index contributed by atoms with van der Waals surface area (Å²) in [5, 5.41) is 22.3. The highest BCUT2D eigenvalue weighted by molar-refractivity contribution is 7.99. The molecule has 9 nitrogen and oxygen atoms in total. The highest BCUT2D eigenvalue weighted by Gasteiger charge is 2.32. The van der Waals surface area contributed by atoms with Crippen LogP contribution in [0.3, 0.4) is 0 Å². The summed E-state index contributed by atoms with van der Waals surface area (Å²) in [6.07, 6.45) is 0.981.